The molecule has 0 spiro atoms. The summed E-state index contributed by atoms with van der Waals surface area (Å²) in [7, 11) is -25.6. The van der Waals surface area contributed by atoms with Crippen LogP contribution in [0.25, 0.3) is 0 Å². The second-order valence-corrected chi connectivity index (χ2v) is 36.5. The Kier molecular flexibility index (Phi) is 12.9. The van der Waals surface area contributed by atoms with Gasteiger partial charge in [-0.1, -0.05) is 116 Å². The van der Waals surface area contributed by atoms with E-state index in [9.17, 15) is 19.2 Å². The van der Waals surface area contributed by atoms with Gasteiger partial charge in [-0.05, 0) is 77.0 Å². The molecule has 2 bridgehead atoms. The largest absolute Gasteiger partial charge is 0.486 e. The smallest absolute Gasteiger partial charge is 0.390 e. The summed E-state index contributed by atoms with van der Waals surface area (Å²) in [6.07, 6.45) is 27.4. The number of hydrogen-bond donors (Lipinski definition) is 4. The minimum absolute atomic E-state index is 0.193. The fourth-order valence-electron chi connectivity index (χ4n) is 11.6. The highest BCUT2D eigenvalue weighted by Gasteiger charge is 2.78. The molecule has 8 aliphatic rings. The lowest BCUT2D eigenvalue weighted by Crippen LogP contribution is -2.81. The lowest BCUT2D eigenvalue weighted by atomic mass is 10.0. The van der Waals surface area contributed by atoms with Crippen LogP contribution in [-0.2, 0) is 28.8 Å². The fourth-order valence-corrected chi connectivity index (χ4v) is 44.6. The number of hydrogen-bond acceptors (Lipinski definition) is 11. The van der Waals surface area contributed by atoms with Gasteiger partial charge in [0.1, 0.15) is 0 Å². The van der Waals surface area contributed by atoms with E-state index in [4.69, 9.17) is 28.8 Å². The molecule has 17 heteroatoms. The van der Waals surface area contributed by atoms with Gasteiger partial charge in [0.2, 0.25) is 0 Å². The highest BCUT2D eigenvalue weighted by atomic mass is 28.6. The van der Waals surface area contributed by atoms with Crippen molar-refractivity contribution in [2.24, 2.45) is 0 Å². The van der Waals surface area contributed by atoms with Crippen molar-refractivity contribution in [2.45, 2.75) is 226 Å². The highest BCUT2D eigenvalue weighted by molar-refractivity contribution is 6.96. The van der Waals surface area contributed by atoms with Crippen molar-refractivity contribution in [2.75, 3.05) is 0 Å². The Balaban J connectivity index is 1.33. The van der Waals surface area contributed by atoms with Crippen LogP contribution < -0.4 is 0 Å². The molecule has 0 radical (unpaired) electrons. The van der Waals surface area contributed by atoms with E-state index in [1.807, 2.05) is 0 Å². The maximum atomic E-state index is 13.3. The first-order chi connectivity index (χ1) is 25.6. The molecule has 0 aromatic rings. The normalized spacial score (nSPS) is 44.8. The average molecular weight is 847 g/mol. The van der Waals surface area contributed by atoms with E-state index >= 15 is 0 Å². The lowest BCUT2D eigenvalue weighted by molar-refractivity contribution is 0.00549. The molecule has 4 N–H and O–H groups in total. The van der Waals surface area contributed by atoms with Crippen molar-refractivity contribution in [1.82, 2.24) is 0 Å². The first kappa shape index (κ1) is 40.6. The van der Waals surface area contributed by atoms with Crippen molar-refractivity contribution < 1.29 is 48.0 Å². The second-order valence-electron chi connectivity index (χ2n) is 18.5. The summed E-state index contributed by atoms with van der Waals surface area (Å²) < 4.78 is 52.1. The molecule has 0 amide bonds. The number of rotatable bonds is 6. The monoisotopic (exact) mass is 846 g/mol. The Labute approximate surface area is 325 Å². The minimum Gasteiger partial charge on any atom is -0.390 e. The molecule has 304 valence electrons. The Morgan fingerprint density at radius 2 is 0.415 bits per heavy atom. The molecular weight excluding hydrogens is 777 g/mol. The Morgan fingerprint density at radius 1 is 0.226 bits per heavy atom. The lowest BCUT2D eigenvalue weighted by Gasteiger charge is -2.59. The van der Waals surface area contributed by atoms with Crippen LogP contribution in [-0.4, -0.2) is 72.0 Å². The van der Waals surface area contributed by atoms with Crippen LogP contribution in [0.15, 0.2) is 0 Å². The van der Waals surface area contributed by atoms with Crippen molar-refractivity contribution in [3.8, 4) is 0 Å². The summed E-state index contributed by atoms with van der Waals surface area (Å²) in [4.78, 5) is 53.2. The van der Waals surface area contributed by atoms with Crippen molar-refractivity contribution >= 4 is 52.8 Å². The summed E-state index contributed by atoms with van der Waals surface area (Å²) >= 11 is 0. The molecule has 11 nitrogen and oxygen atoms in total. The SMILES string of the molecule is O[Si]1(C2CCCCC2)O[Si](O)(C2CCCCC2)O[Si]2(C3CCCCC3)O[Si](O)(C3CCCCC3)O[Si](O)(C3CCCCC3)O[Si](C3CCCCC3)(O1)O2. The van der Waals surface area contributed by atoms with Crippen LogP contribution in [0.5, 0.6) is 0 Å². The first-order valence-electron chi connectivity index (χ1n) is 22.4. The van der Waals surface area contributed by atoms with Crippen LogP contribution in [0.2, 0.25) is 33.2 Å². The van der Waals surface area contributed by atoms with Gasteiger partial charge in [0.25, 0.3) is 0 Å². The van der Waals surface area contributed by atoms with Crippen LogP contribution in [0.1, 0.15) is 193 Å². The van der Waals surface area contributed by atoms with Gasteiger partial charge in [-0.15, -0.1) is 0 Å². The predicted octanol–water partition coefficient (Wildman–Crippen LogP) is 8.74. The molecule has 53 heavy (non-hydrogen) atoms. The van der Waals surface area contributed by atoms with E-state index in [-0.39, 0.29) is 33.2 Å². The zero-order valence-corrected chi connectivity index (χ0v) is 38.3. The van der Waals surface area contributed by atoms with Gasteiger partial charge in [-0.2, -0.15) is 0 Å². The summed E-state index contributed by atoms with van der Waals surface area (Å²) in [5, 5.41) is 0. The molecule has 6 saturated carbocycles. The Morgan fingerprint density at radius 3 is 0.623 bits per heavy atom. The van der Waals surface area contributed by atoms with E-state index in [1.165, 1.54) is 0 Å². The maximum absolute atomic E-state index is 13.3. The Bertz CT molecular complexity index is 1050. The minimum atomic E-state index is -4.31. The topological polar surface area (TPSA) is 146 Å². The second kappa shape index (κ2) is 16.8. The summed E-state index contributed by atoms with van der Waals surface area (Å²) in [5.74, 6) is 0. The molecule has 0 aromatic heterocycles. The van der Waals surface area contributed by atoms with Gasteiger partial charge < -0.3 is 48.0 Å². The molecule has 2 saturated heterocycles. The van der Waals surface area contributed by atoms with Crippen LogP contribution in [0, 0.1) is 0 Å². The van der Waals surface area contributed by atoms with Crippen LogP contribution in [0.4, 0.5) is 0 Å². The fraction of sp³-hybridized carbons (Fsp3) is 1.00. The summed E-state index contributed by atoms with van der Waals surface area (Å²) in [6.45, 7) is 0. The summed E-state index contributed by atoms with van der Waals surface area (Å²) in [5.41, 5.74) is -1.45. The van der Waals surface area contributed by atoms with Gasteiger partial charge in [-0.3, -0.25) is 0 Å². The molecule has 4 unspecified atom stereocenters. The van der Waals surface area contributed by atoms with Crippen LogP contribution in [0.3, 0.4) is 0 Å². The third kappa shape index (κ3) is 8.50. The molecule has 8 fully saturated rings. The van der Waals surface area contributed by atoms with Gasteiger partial charge >= 0.3 is 52.8 Å². The molecule has 2 aliphatic heterocycles. The third-order valence-electron chi connectivity index (χ3n) is 14.7. The van der Waals surface area contributed by atoms with Crippen molar-refractivity contribution in [1.29, 1.82) is 0 Å². The van der Waals surface area contributed by atoms with Crippen molar-refractivity contribution in [3.63, 3.8) is 0 Å². The van der Waals surface area contributed by atoms with E-state index in [0.29, 0.717) is 0 Å². The highest BCUT2D eigenvalue weighted by Crippen LogP contribution is 2.57. The predicted molar refractivity (Wildman–Crippen MR) is 212 cm³/mol. The Hall–Kier alpha value is 0.861. The zero-order valence-electron chi connectivity index (χ0n) is 32.3. The zero-order chi connectivity index (χ0) is 36.6. The molecule has 4 atom stereocenters. The van der Waals surface area contributed by atoms with Gasteiger partial charge in [0.15, 0.2) is 0 Å². The molecule has 0 aromatic carbocycles. The number of fused-ring (bicyclic) bond motifs is 2. The average Bonchev–Trinajstić information content (AvgIpc) is 3.19. The molecular formula is C36H70O11Si6. The molecule has 2 heterocycles. The van der Waals surface area contributed by atoms with Crippen LogP contribution >= 0.6 is 0 Å². The molecule has 6 aliphatic carbocycles. The van der Waals surface area contributed by atoms with E-state index in [0.717, 1.165) is 193 Å². The third-order valence-corrected chi connectivity index (χ3v) is 40.5. The first-order valence-corrected chi connectivity index (χ1v) is 33.4. The van der Waals surface area contributed by atoms with Gasteiger partial charge in [-0.25, -0.2) is 0 Å². The van der Waals surface area contributed by atoms with E-state index in [1.54, 1.807) is 0 Å². The maximum Gasteiger partial charge on any atom is 0.486 e. The quantitative estimate of drug-likeness (QED) is 0.191. The van der Waals surface area contributed by atoms with Gasteiger partial charge in [0.05, 0.1) is 0 Å². The standard InChI is InChI=1S/C36H70O11Si6/c37-48(31-19-7-1-8-20-31)41-49(38,32-21-9-2-10-22-32)44-53(36-29-17-6-18-30-36)46-51(40,34-25-13-4-14-26-34)42-50(39,33-23-11-3-12-24-33)45-52(43-48,47-53)35-27-15-5-16-28-35/h31-40H,1-30H2. The van der Waals surface area contributed by atoms with E-state index in [2.05, 4.69) is 0 Å². The van der Waals surface area contributed by atoms with E-state index < -0.39 is 52.8 Å². The van der Waals surface area contributed by atoms with Crippen molar-refractivity contribution in [3.05, 3.63) is 0 Å². The van der Waals surface area contributed by atoms with Gasteiger partial charge in [0, 0.05) is 33.2 Å². The molecule has 8 rings (SSSR count). The summed E-state index contributed by atoms with van der Waals surface area (Å²) in [6, 6.07) is 0.